The van der Waals surface area contributed by atoms with Crippen LogP contribution in [0.5, 0.6) is 0 Å². The van der Waals surface area contributed by atoms with Crippen LogP contribution in [0.2, 0.25) is 5.02 Å². The average Bonchev–Trinajstić information content (AvgIpc) is 3.01. The van der Waals surface area contributed by atoms with E-state index in [0.29, 0.717) is 42.9 Å². The Balaban J connectivity index is 1.24. The highest BCUT2D eigenvalue weighted by atomic mass is 35.5. The van der Waals surface area contributed by atoms with Gasteiger partial charge in [-0.05, 0) is 80.7 Å². The molecule has 2 fully saturated rings. The summed E-state index contributed by atoms with van der Waals surface area (Å²) in [5, 5.41) is 12.4. The van der Waals surface area contributed by atoms with Crippen molar-refractivity contribution in [1.29, 1.82) is 0 Å². The summed E-state index contributed by atoms with van der Waals surface area (Å²) in [6, 6.07) is 15.8. The van der Waals surface area contributed by atoms with E-state index in [2.05, 4.69) is 64.6 Å². The van der Waals surface area contributed by atoms with Crippen molar-refractivity contribution in [2.24, 2.45) is 5.92 Å². The third kappa shape index (κ3) is 8.58. The number of benzene rings is 2. The zero-order valence-corrected chi connectivity index (χ0v) is 26.9. The topological polar surface area (TPSA) is 71.2 Å². The second-order valence-corrected chi connectivity index (χ2v) is 13.4. The number of rotatable bonds is 10. The van der Waals surface area contributed by atoms with Gasteiger partial charge in [-0.15, -0.1) is 0 Å². The highest BCUT2D eigenvalue weighted by Gasteiger charge is 2.34. The number of fused-ring (bicyclic) bond motifs is 1. The number of carbonyl (C=O) groups excluding carboxylic acids is 2. The van der Waals surface area contributed by atoms with Crippen LogP contribution in [0.3, 0.4) is 0 Å². The fourth-order valence-corrected chi connectivity index (χ4v) is 6.95. The molecule has 3 heterocycles. The minimum Gasteiger partial charge on any atom is -0.344 e. The maximum Gasteiger partial charge on any atom is 0.245 e. The van der Waals surface area contributed by atoms with Gasteiger partial charge in [-0.25, -0.2) is 10.0 Å². The van der Waals surface area contributed by atoms with Crippen molar-refractivity contribution in [3.05, 3.63) is 70.2 Å². The van der Waals surface area contributed by atoms with Crippen LogP contribution in [0.25, 0.3) is 0 Å². The second-order valence-electron chi connectivity index (χ2n) is 12.9. The highest BCUT2D eigenvalue weighted by molar-refractivity contribution is 6.30. The van der Waals surface area contributed by atoms with E-state index in [0.717, 1.165) is 51.3 Å². The first kappa shape index (κ1) is 31.9. The van der Waals surface area contributed by atoms with E-state index in [1.54, 1.807) is 0 Å². The number of hydrogen-bond donors (Lipinski definition) is 2. The van der Waals surface area contributed by atoms with Gasteiger partial charge in [0.05, 0.1) is 0 Å². The molecule has 43 heavy (non-hydrogen) atoms. The molecule has 234 valence electrons. The molecule has 2 aromatic carbocycles. The fraction of sp³-hybridized carbons (Fsp3) is 0.588. The lowest BCUT2D eigenvalue weighted by atomic mass is 9.92. The molecule has 0 aromatic heterocycles. The average molecular weight is 609 g/mol. The predicted octanol–water partition coefficient (Wildman–Crippen LogP) is 3.76. The third-order valence-electron chi connectivity index (χ3n) is 9.18. The van der Waals surface area contributed by atoms with Gasteiger partial charge >= 0.3 is 0 Å². The molecule has 2 N–H and O–H groups in total. The quantitative estimate of drug-likeness (QED) is 0.428. The van der Waals surface area contributed by atoms with Crippen molar-refractivity contribution < 1.29 is 9.59 Å². The molecule has 0 bridgehead atoms. The summed E-state index contributed by atoms with van der Waals surface area (Å²) >= 11 is 6.14. The smallest absolute Gasteiger partial charge is 0.245 e. The lowest BCUT2D eigenvalue weighted by Crippen LogP contribution is -2.61. The summed E-state index contributed by atoms with van der Waals surface area (Å²) in [6.07, 6.45) is 4.06. The Morgan fingerprint density at radius 3 is 2.40 bits per heavy atom. The van der Waals surface area contributed by atoms with Crippen molar-refractivity contribution in [2.45, 2.75) is 64.1 Å². The van der Waals surface area contributed by atoms with Gasteiger partial charge in [0.2, 0.25) is 11.8 Å². The molecule has 2 atom stereocenters. The number of piperidine rings is 1. The molecule has 3 aliphatic rings. The van der Waals surface area contributed by atoms with Gasteiger partial charge in [0.15, 0.2) is 0 Å². The summed E-state index contributed by atoms with van der Waals surface area (Å²) < 4.78 is 0. The number of likely N-dealkylation sites (tertiary alicyclic amines) is 1. The van der Waals surface area contributed by atoms with E-state index >= 15 is 0 Å². The SMILES string of the molecule is CC(C)CN(C1CCN(C)CC1)N1CCN(C(=O)C(Cc2ccc(Cl)cc2)NC(=O)CC2NCCc3ccccc32)CC1. The van der Waals surface area contributed by atoms with Crippen molar-refractivity contribution >= 4 is 23.4 Å². The molecular weight excluding hydrogens is 560 g/mol. The number of halogens is 1. The van der Waals surface area contributed by atoms with Crippen LogP contribution in [0.15, 0.2) is 48.5 Å². The van der Waals surface area contributed by atoms with Gasteiger partial charge in [-0.2, -0.15) is 0 Å². The Morgan fingerprint density at radius 2 is 1.70 bits per heavy atom. The maximum atomic E-state index is 14.0. The number of hydrogen-bond acceptors (Lipinski definition) is 6. The van der Waals surface area contributed by atoms with E-state index in [9.17, 15) is 9.59 Å². The van der Waals surface area contributed by atoms with E-state index < -0.39 is 6.04 Å². The van der Waals surface area contributed by atoms with Crippen molar-refractivity contribution in [1.82, 2.24) is 30.5 Å². The lowest BCUT2D eigenvalue weighted by molar-refractivity contribution is -0.144. The normalized spacial score (nSPS) is 21.2. The largest absolute Gasteiger partial charge is 0.344 e. The molecule has 0 aliphatic carbocycles. The molecule has 2 amide bonds. The summed E-state index contributed by atoms with van der Waals surface area (Å²) in [4.78, 5) is 31.8. The molecule has 5 rings (SSSR count). The standard InChI is InChI=1S/C34H49ClN6O2/c1-25(2)24-41(29-13-16-38(3)17-14-29)40-20-18-39(19-21-40)34(43)32(22-26-8-10-28(35)11-9-26)37-33(42)23-31-30-7-5-4-6-27(30)12-15-36-31/h4-11,25,29,31-32,36H,12-24H2,1-3H3,(H,37,42). The molecule has 0 radical (unpaired) electrons. The first-order chi connectivity index (χ1) is 20.8. The molecule has 2 unspecified atom stereocenters. The summed E-state index contributed by atoms with van der Waals surface area (Å²) in [5.74, 6) is 0.462. The number of hydrazine groups is 1. The molecular formula is C34H49ClN6O2. The number of amides is 2. The Kier molecular flexibility index (Phi) is 11.1. The van der Waals surface area contributed by atoms with Gasteiger partial charge in [-0.3, -0.25) is 9.59 Å². The van der Waals surface area contributed by atoms with Crippen molar-refractivity contribution in [2.75, 3.05) is 59.4 Å². The van der Waals surface area contributed by atoms with Crippen LogP contribution in [0.1, 0.15) is 55.8 Å². The summed E-state index contributed by atoms with van der Waals surface area (Å²) in [7, 11) is 2.21. The summed E-state index contributed by atoms with van der Waals surface area (Å²) in [5.41, 5.74) is 3.45. The minimum atomic E-state index is -0.625. The zero-order valence-electron chi connectivity index (χ0n) is 26.1. The number of nitrogens with one attached hydrogen (secondary N) is 2. The Labute approximate surface area is 262 Å². The van der Waals surface area contributed by atoms with Gasteiger partial charge in [0.25, 0.3) is 0 Å². The van der Waals surface area contributed by atoms with Crippen LogP contribution in [-0.2, 0) is 22.4 Å². The Morgan fingerprint density at radius 1 is 1.00 bits per heavy atom. The number of nitrogens with zero attached hydrogens (tertiary/aromatic N) is 4. The van der Waals surface area contributed by atoms with Crippen LogP contribution in [0.4, 0.5) is 0 Å². The molecule has 0 saturated carbocycles. The predicted molar refractivity (Wildman–Crippen MR) is 173 cm³/mol. The van der Waals surface area contributed by atoms with Gasteiger partial charge in [0, 0.05) is 62.7 Å². The monoisotopic (exact) mass is 608 g/mol. The van der Waals surface area contributed by atoms with Crippen molar-refractivity contribution in [3.8, 4) is 0 Å². The molecule has 2 aromatic rings. The zero-order chi connectivity index (χ0) is 30.3. The van der Waals surface area contributed by atoms with E-state index in [1.807, 2.05) is 35.2 Å². The van der Waals surface area contributed by atoms with Crippen LogP contribution in [0, 0.1) is 5.92 Å². The van der Waals surface area contributed by atoms with Crippen LogP contribution < -0.4 is 10.6 Å². The van der Waals surface area contributed by atoms with Gasteiger partial charge in [-0.1, -0.05) is 61.8 Å². The molecule has 2 saturated heterocycles. The van der Waals surface area contributed by atoms with Crippen molar-refractivity contribution in [3.63, 3.8) is 0 Å². The fourth-order valence-electron chi connectivity index (χ4n) is 6.83. The van der Waals surface area contributed by atoms with Crippen LogP contribution in [-0.4, -0.2) is 103 Å². The highest BCUT2D eigenvalue weighted by Crippen LogP contribution is 2.26. The van der Waals surface area contributed by atoms with E-state index in [1.165, 1.54) is 24.0 Å². The first-order valence-electron chi connectivity index (χ1n) is 16.1. The van der Waals surface area contributed by atoms with Gasteiger partial charge < -0.3 is 20.4 Å². The Hall–Kier alpha value is -2.49. The molecule has 9 heteroatoms. The summed E-state index contributed by atoms with van der Waals surface area (Å²) in [6.45, 7) is 11.7. The maximum absolute atomic E-state index is 14.0. The number of carbonyl (C=O) groups is 2. The molecule has 8 nitrogen and oxygen atoms in total. The second kappa shape index (κ2) is 15.0. The Bertz CT molecular complexity index is 1210. The minimum absolute atomic E-state index is 0.00495. The molecule has 3 aliphatic heterocycles. The van der Waals surface area contributed by atoms with Gasteiger partial charge in [0.1, 0.15) is 6.04 Å². The van der Waals surface area contributed by atoms with Crippen LogP contribution >= 0.6 is 11.6 Å². The first-order valence-corrected chi connectivity index (χ1v) is 16.5. The van der Waals surface area contributed by atoms with E-state index in [-0.39, 0.29) is 17.9 Å². The molecule has 0 spiro atoms. The number of piperazine rings is 1. The van der Waals surface area contributed by atoms with E-state index in [4.69, 9.17) is 11.6 Å². The lowest BCUT2D eigenvalue weighted by Gasteiger charge is -2.47. The third-order valence-corrected chi connectivity index (χ3v) is 9.44.